The summed E-state index contributed by atoms with van der Waals surface area (Å²) in [6.07, 6.45) is 4.94. The number of amides is 2. The van der Waals surface area contributed by atoms with Crippen LogP contribution in [-0.2, 0) is 11.2 Å². The van der Waals surface area contributed by atoms with Crippen LogP contribution >= 0.6 is 0 Å². The fourth-order valence-electron chi connectivity index (χ4n) is 5.27. The summed E-state index contributed by atoms with van der Waals surface area (Å²) >= 11 is 0. The molecule has 1 aliphatic carbocycles. The van der Waals surface area contributed by atoms with Crippen molar-refractivity contribution in [1.29, 1.82) is 0 Å². The van der Waals surface area contributed by atoms with E-state index in [1.165, 1.54) is 5.56 Å². The Morgan fingerprint density at radius 1 is 0.930 bits per heavy atom. The number of nitrogens with one attached hydrogen (secondary N) is 3. The number of carbonyl (C=O) groups is 2. The highest BCUT2D eigenvalue weighted by Crippen LogP contribution is 2.42. The van der Waals surface area contributed by atoms with Crippen molar-refractivity contribution < 1.29 is 14.3 Å². The van der Waals surface area contributed by atoms with Crippen molar-refractivity contribution in [3.63, 3.8) is 0 Å². The normalized spacial score (nSPS) is 13.5. The molecule has 0 fully saturated rings. The summed E-state index contributed by atoms with van der Waals surface area (Å²) in [6.45, 7) is 3.98. The lowest BCUT2D eigenvalue weighted by molar-refractivity contribution is 0.0526. The molecule has 0 radical (unpaired) electrons. The number of fused-ring (bicyclic) bond motifs is 3. The zero-order valence-corrected chi connectivity index (χ0v) is 24.9. The van der Waals surface area contributed by atoms with E-state index in [0.717, 1.165) is 54.7 Å². The molecule has 222 valence electrons. The third kappa shape index (κ3) is 7.55. The molecule has 0 aliphatic heterocycles. The Labute approximate surface area is 252 Å². The highest BCUT2D eigenvalue weighted by atomic mass is 16.5. The summed E-state index contributed by atoms with van der Waals surface area (Å²) < 4.78 is 5.00. The molecule has 0 saturated heterocycles. The molecule has 3 N–H and O–H groups in total. The number of ether oxygens (including phenoxy) is 1. The molecule has 4 aromatic rings. The molecular formula is C34H38N6O3. The number of anilines is 3. The minimum atomic E-state index is -0.390. The maximum atomic E-state index is 12.6. The summed E-state index contributed by atoms with van der Waals surface area (Å²) in [5.41, 5.74) is 7.31. The number of hydrogen-bond donors (Lipinski definition) is 3. The number of urea groups is 1. The first-order valence-corrected chi connectivity index (χ1v) is 14.7. The summed E-state index contributed by atoms with van der Waals surface area (Å²) in [6, 6.07) is 22.6. The van der Waals surface area contributed by atoms with Crippen LogP contribution in [0, 0.1) is 0 Å². The van der Waals surface area contributed by atoms with Crippen molar-refractivity contribution in [3.05, 3.63) is 101 Å². The Balaban J connectivity index is 1.23. The molecular weight excluding hydrogens is 540 g/mol. The Morgan fingerprint density at radius 2 is 1.63 bits per heavy atom. The fourth-order valence-corrected chi connectivity index (χ4v) is 5.27. The Kier molecular flexibility index (Phi) is 9.63. The molecule has 43 heavy (non-hydrogen) atoms. The molecule has 0 saturated carbocycles. The van der Waals surface area contributed by atoms with Crippen LogP contribution in [-0.4, -0.2) is 60.7 Å². The Hall–Kier alpha value is -4.76. The second kappa shape index (κ2) is 13.9. The van der Waals surface area contributed by atoms with Crippen LogP contribution in [0.25, 0.3) is 11.3 Å². The van der Waals surface area contributed by atoms with Crippen molar-refractivity contribution in [3.8, 4) is 11.3 Å². The summed E-state index contributed by atoms with van der Waals surface area (Å²) in [4.78, 5) is 36.2. The first kappa shape index (κ1) is 29.7. The zero-order valence-electron chi connectivity index (χ0n) is 24.9. The van der Waals surface area contributed by atoms with Gasteiger partial charge < -0.3 is 25.6 Å². The molecule has 1 aliphatic rings. The lowest BCUT2D eigenvalue weighted by Gasteiger charge is -2.27. The number of hydrogen-bond acceptors (Lipinski definition) is 7. The van der Waals surface area contributed by atoms with Crippen LogP contribution in [0.4, 0.5) is 22.1 Å². The topological polar surface area (TPSA) is 108 Å². The molecule has 9 nitrogen and oxygen atoms in total. The smallest absolute Gasteiger partial charge is 0.338 e. The van der Waals surface area contributed by atoms with Gasteiger partial charge in [0, 0.05) is 35.6 Å². The van der Waals surface area contributed by atoms with Gasteiger partial charge in [0.15, 0.2) is 0 Å². The van der Waals surface area contributed by atoms with Gasteiger partial charge in [0.2, 0.25) is 5.95 Å². The molecule has 1 heterocycles. The zero-order chi connectivity index (χ0) is 30.2. The molecule has 5 rings (SSSR count). The van der Waals surface area contributed by atoms with Gasteiger partial charge in [-0.25, -0.2) is 19.6 Å². The van der Waals surface area contributed by atoms with Crippen LogP contribution in [0.1, 0.15) is 52.7 Å². The van der Waals surface area contributed by atoms with E-state index in [9.17, 15) is 9.59 Å². The van der Waals surface area contributed by atoms with Crippen LogP contribution in [0.15, 0.2) is 79.0 Å². The van der Waals surface area contributed by atoms with Crippen molar-refractivity contribution in [1.82, 2.24) is 14.9 Å². The lowest BCUT2D eigenvalue weighted by atomic mass is 9.78. The number of aromatic nitrogens is 2. The SMILES string of the molecule is CCOC(=O)c1ccc(NC(=O)Nc2ccc(C3Cc4cnc(NCCCCN(C)C)nc4-c4ccccc43)cc2)cc1. The highest BCUT2D eigenvalue weighted by Gasteiger charge is 2.27. The van der Waals surface area contributed by atoms with E-state index in [1.807, 2.05) is 18.3 Å². The summed E-state index contributed by atoms with van der Waals surface area (Å²) in [5.74, 6) is 0.428. The van der Waals surface area contributed by atoms with Gasteiger partial charge in [0.1, 0.15) is 0 Å². The average Bonchev–Trinajstić information content (AvgIpc) is 3.01. The number of esters is 1. The molecule has 3 aromatic carbocycles. The predicted octanol–water partition coefficient (Wildman–Crippen LogP) is 6.41. The lowest BCUT2D eigenvalue weighted by Crippen LogP contribution is -2.19. The molecule has 9 heteroatoms. The quantitative estimate of drug-likeness (QED) is 0.139. The van der Waals surface area contributed by atoms with Gasteiger partial charge in [-0.15, -0.1) is 0 Å². The van der Waals surface area contributed by atoms with E-state index >= 15 is 0 Å². The van der Waals surface area contributed by atoms with Gasteiger partial charge in [-0.3, -0.25) is 0 Å². The van der Waals surface area contributed by atoms with Gasteiger partial charge in [-0.1, -0.05) is 36.4 Å². The van der Waals surface area contributed by atoms with Crippen LogP contribution < -0.4 is 16.0 Å². The van der Waals surface area contributed by atoms with Gasteiger partial charge in [0.05, 0.1) is 17.9 Å². The third-order valence-corrected chi connectivity index (χ3v) is 7.42. The first-order valence-electron chi connectivity index (χ1n) is 14.7. The standard InChI is InChI=1S/C34H38N6O3/c1-4-43-32(41)24-13-17-27(18-14-24)38-34(42)37-26-15-11-23(12-16-26)30-21-25-22-36-33(35-19-7-8-20-40(2)3)39-31(25)29-10-6-5-9-28(29)30/h5-6,9-18,22,30H,4,7-8,19-21H2,1-3H3,(H,35,36,39)(H2,37,38,42). The van der Waals surface area contributed by atoms with E-state index in [1.54, 1.807) is 31.2 Å². The van der Waals surface area contributed by atoms with Gasteiger partial charge >= 0.3 is 12.0 Å². The van der Waals surface area contributed by atoms with E-state index < -0.39 is 5.97 Å². The van der Waals surface area contributed by atoms with E-state index in [0.29, 0.717) is 29.5 Å². The Bertz CT molecular complexity index is 1550. The minimum absolute atomic E-state index is 0.151. The molecule has 0 spiro atoms. The molecule has 0 bridgehead atoms. The van der Waals surface area contributed by atoms with Crippen molar-refractivity contribution >= 4 is 29.3 Å². The van der Waals surface area contributed by atoms with E-state index in [2.05, 4.69) is 76.3 Å². The van der Waals surface area contributed by atoms with E-state index in [4.69, 9.17) is 9.72 Å². The predicted molar refractivity (Wildman–Crippen MR) is 171 cm³/mol. The van der Waals surface area contributed by atoms with Crippen molar-refractivity contribution in [2.75, 3.05) is 49.7 Å². The van der Waals surface area contributed by atoms with Crippen molar-refractivity contribution in [2.45, 2.75) is 32.1 Å². The van der Waals surface area contributed by atoms with Crippen LogP contribution in [0.5, 0.6) is 0 Å². The van der Waals surface area contributed by atoms with E-state index in [-0.39, 0.29) is 11.9 Å². The van der Waals surface area contributed by atoms with Crippen LogP contribution in [0.2, 0.25) is 0 Å². The summed E-state index contributed by atoms with van der Waals surface area (Å²) in [7, 11) is 4.18. The number of benzene rings is 3. The maximum Gasteiger partial charge on any atom is 0.338 e. The molecule has 2 amide bonds. The maximum absolute atomic E-state index is 12.6. The first-order chi connectivity index (χ1) is 20.9. The number of unbranched alkanes of at least 4 members (excludes halogenated alkanes) is 1. The number of nitrogens with zero attached hydrogens (tertiary/aromatic N) is 3. The second-order valence-corrected chi connectivity index (χ2v) is 10.8. The molecule has 1 unspecified atom stereocenters. The van der Waals surface area contributed by atoms with Crippen LogP contribution in [0.3, 0.4) is 0 Å². The average molecular weight is 579 g/mol. The largest absolute Gasteiger partial charge is 0.462 e. The minimum Gasteiger partial charge on any atom is -0.462 e. The van der Waals surface area contributed by atoms with Crippen molar-refractivity contribution in [2.24, 2.45) is 0 Å². The number of carbonyl (C=O) groups excluding carboxylic acids is 2. The monoisotopic (exact) mass is 578 g/mol. The molecule has 1 atom stereocenters. The van der Waals surface area contributed by atoms with Gasteiger partial charge in [-0.05, 0) is 99.9 Å². The number of rotatable bonds is 11. The van der Waals surface area contributed by atoms with Gasteiger partial charge in [0.25, 0.3) is 0 Å². The summed E-state index contributed by atoms with van der Waals surface area (Å²) in [5, 5.41) is 9.07. The second-order valence-electron chi connectivity index (χ2n) is 10.8. The van der Waals surface area contributed by atoms with Gasteiger partial charge in [-0.2, -0.15) is 0 Å². The fraction of sp³-hybridized carbons (Fsp3) is 0.294. The third-order valence-electron chi connectivity index (χ3n) is 7.42. The Morgan fingerprint density at radius 3 is 2.33 bits per heavy atom. The highest BCUT2D eigenvalue weighted by molar-refractivity contribution is 6.00. The molecule has 1 aromatic heterocycles.